The van der Waals surface area contributed by atoms with Crippen LogP contribution in [0.25, 0.3) is 22.3 Å². The van der Waals surface area contributed by atoms with E-state index in [-0.39, 0.29) is 5.54 Å². The fourth-order valence-electron chi connectivity index (χ4n) is 4.01. The quantitative estimate of drug-likeness (QED) is 0.546. The van der Waals surface area contributed by atoms with Gasteiger partial charge in [-0.1, -0.05) is 67.6 Å². The molecule has 1 aliphatic rings. The first-order valence-electron chi connectivity index (χ1n) is 9.99. The van der Waals surface area contributed by atoms with Gasteiger partial charge in [0.25, 0.3) is 0 Å². The van der Waals surface area contributed by atoms with Crippen LogP contribution in [0.3, 0.4) is 0 Å². The third-order valence-electron chi connectivity index (χ3n) is 5.70. The summed E-state index contributed by atoms with van der Waals surface area (Å²) >= 11 is 0. The molecular formula is C25H22N4. The standard InChI is InChI=1S/C25H22N4/c1-2-25(19-12-7-4-8-13-19)17-27-24(29-25)21-16-22(18-10-5-3-6-11-18)28-23-20(21)14-9-15-26-23/h3-16H,2,17H2,1H3,(H,27,29). The van der Waals surface area contributed by atoms with Crippen molar-refractivity contribution in [3.8, 4) is 11.3 Å². The Balaban J connectivity index is 1.62. The number of nitrogens with zero attached hydrogens (tertiary/aromatic N) is 3. The molecule has 142 valence electrons. The molecule has 1 aliphatic heterocycles. The van der Waals surface area contributed by atoms with Crippen LogP contribution in [0.15, 0.2) is 90.1 Å². The minimum absolute atomic E-state index is 0.179. The Morgan fingerprint density at radius 3 is 2.45 bits per heavy atom. The highest BCUT2D eigenvalue weighted by Crippen LogP contribution is 2.32. The zero-order valence-electron chi connectivity index (χ0n) is 16.3. The Kier molecular flexibility index (Phi) is 4.32. The molecule has 4 aromatic rings. The summed E-state index contributed by atoms with van der Waals surface area (Å²) in [7, 11) is 0. The van der Waals surface area contributed by atoms with E-state index in [1.807, 2.05) is 24.3 Å². The van der Waals surface area contributed by atoms with E-state index in [1.54, 1.807) is 6.20 Å². The maximum atomic E-state index is 4.94. The number of aliphatic imine (C=N–C) groups is 1. The smallest absolute Gasteiger partial charge is 0.160 e. The van der Waals surface area contributed by atoms with Gasteiger partial charge in [-0.05, 0) is 30.2 Å². The van der Waals surface area contributed by atoms with E-state index >= 15 is 0 Å². The number of amidine groups is 1. The number of hydrogen-bond acceptors (Lipinski definition) is 4. The molecule has 0 aliphatic carbocycles. The Morgan fingerprint density at radius 2 is 1.69 bits per heavy atom. The van der Waals surface area contributed by atoms with E-state index in [0.717, 1.165) is 40.1 Å². The molecule has 1 N–H and O–H groups in total. The van der Waals surface area contributed by atoms with Crippen LogP contribution < -0.4 is 5.32 Å². The Bertz CT molecular complexity index is 1190. The normalized spacial score (nSPS) is 18.4. The van der Waals surface area contributed by atoms with E-state index < -0.39 is 0 Å². The molecule has 0 radical (unpaired) electrons. The maximum Gasteiger partial charge on any atom is 0.160 e. The van der Waals surface area contributed by atoms with E-state index in [1.165, 1.54) is 5.56 Å². The molecule has 0 amide bonds. The van der Waals surface area contributed by atoms with Gasteiger partial charge in [-0.25, -0.2) is 9.97 Å². The van der Waals surface area contributed by atoms with E-state index in [4.69, 9.17) is 9.98 Å². The first kappa shape index (κ1) is 17.6. The molecule has 0 fully saturated rings. The van der Waals surface area contributed by atoms with Crippen LogP contribution in [0.4, 0.5) is 0 Å². The highest BCUT2D eigenvalue weighted by molar-refractivity contribution is 6.10. The minimum atomic E-state index is -0.179. The summed E-state index contributed by atoms with van der Waals surface area (Å²) in [5, 5.41) is 4.76. The molecule has 2 aromatic carbocycles. The van der Waals surface area contributed by atoms with Gasteiger partial charge in [-0.3, -0.25) is 4.99 Å². The van der Waals surface area contributed by atoms with Gasteiger partial charge in [0.1, 0.15) is 5.84 Å². The number of aromatic nitrogens is 2. The Morgan fingerprint density at radius 1 is 0.931 bits per heavy atom. The van der Waals surface area contributed by atoms with Crippen molar-refractivity contribution in [3.05, 3.63) is 96.2 Å². The predicted molar refractivity (Wildman–Crippen MR) is 118 cm³/mol. The summed E-state index contributed by atoms with van der Waals surface area (Å²) in [6.07, 6.45) is 2.74. The van der Waals surface area contributed by atoms with E-state index in [9.17, 15) is 0 Å². The molecule has 1 unspecified atom stereocenters. The van der Waals surface area contributed by atoms with Crippen molar-refractivity contribution in [2.45, 2.75) is 18.9 Å². The van der Waals surface area contributed by atoms with Crippen molar-refractivity contribution in [1.29, 1.82) is 0 Å². The van der Waals surface area contributed by atoms with Crippen LogP contribution in [0.1, 0.15) is 24.5 Å². The lowest BCUT2D eigenvalue weighted by molar-refractivity contribution is 0.416. The van der Waals surface area contributed by atoms with Crippen LogP contribution in [0, 0.1) is 0 Å². The average Bonchev–Trinajstić information content (AvgIpc) is 3.25. The SMILES string of the molecule is CCC1(c2ccccc2)CN=C(c2cc(-c3ccccc3)nc3ncccc23)N1. The third-order valence-corrected chi connectivity index (χ3v) is 5.70. The van der Waals surface area contributed by atoms with Gasteiger partial charge in [0.05, 0.1) is 17.8 Å². The fraction of sp³-hybridized carbons (Fsp3) is 0.160. The molecule has 29 heavy (non-hydrogen) atoms. The number of hydrogen-bond donors (Lipinski definition) is 1. The number of fused-ring (bicyclic) bond motifs is 1. The summed E-state index contributed by atoms with van der Waals surface area (Å²) in [5.41, 5.74) is 4.85. The lowest BCUT2D eigenvalue weighted by atomic mass is 9.88. The molecule has 0 spiro atoms. The van der Waals surface area contributed by atoms with E-state index in [0.29, 0.717) is 6.54 Å². The molecule has 1 atom stereocenters. The zero-order valence-corrected chi connectivity index (χ0v) is 16.3. The molecule has 4 nitrogen and oxygen atoms in total. The van der Waals surface area contributed by atoms with Crippen LogP contribution in [0.2, 0.25) is 0 Å². The van der Waals surface area contributed by atoms with Crippen molar-refractivity contribution in [1.82, 2.24) is 15.3 Å². The predicted octanol–water partition coefficient (Wildman–Crippen LogP) is 4.95. The van der Waals surface area contributed by atoms with Crippen molar-refractivity contribution < 1.29 is 0 Å². The largest absolute Gasteiger partial charge is 0.358 e. The van der Waals surface area contributed by atoms with Crippen molar-refractivity contribution in [2.24, 2.45) is 4.99 Å². The summed E-state index contributed by atoms with van der Waals surface area (Å²) in [6, 6.07) is 27.0. The molecular weight excluding hydrogens is 356 g/mol. The third kappa shape index (κ3) is 3.07. The fourth-order valence-corrected chi connectivity index (χ4v) is 4.01. The molecule has 0 saturated carbocycles. The minimum Gasteiger partial charge on any atom is -0.358 e. The molecule has 5 rings (SSSR count). The number of pyridine rings is 2. The second-order valence-corrected chi connectivity index (χ2v) is 7.39. The molecule has 2 aromatic heterocycles. The highest BCUT2D eigenvalue weighted by Gasteiger charge is 2.36. The molecule has 0 bridgehead atoms. The molecule has 3 heterocycles. The topological polar surface area (TPSA) is 50.2 Å². The number of rotatable bonds is 4. The average molecular weight is 378 g/mol. The van der Waals surface area contributed by atoms with Gasteiger partial charge >= 0.3 is 0 Å². The van der Waals surface area contributed by atoms with Crippen LogP contribution in [-0.4, -0.2) is 22.3 Å². The number of benzene rings is 2. The van der Waals surface area contributed by atoms with Gasteiger partial charge in [-0.2, -0.15) is 0 Å². The zero-order chi connectivity index (χ0) is 19.7. The van der Waals surface area contributed by atoms with Crippen molar-refractivity contribution >= 4 is 16.9 Å². The summed E-state index contributed by atoms with van der Waals surface area (Å²) in [6.45, 7) is 2.92. The van der Waals surface area contributed by atoms with Gasteiger partial charge < -0.3 is 5.32 Å². The van der Waals surface area contributed by atoms with Gasteiger partial charge in [-0.15, -0.1) is 0 Å². The maximum absolute atomic E-state index is 4.94. The first-order chi connectivity index (χ1) is 14.3. The van der Waals surface area contributed by atoms with Gasteiger partial charge in [0, 0.05) is 22.7 Å². The Hall–Kier alpha value is -3.53. The first-order valence-corrected chi connectivity index (χ1v) is 9.99. The molecule has 0 saturated heterocycles. The Labute approximate surface area is 170 Å². The second-order valence-electron chi connectivity index (χ2n) is 7.39. The second kappa shape index (κ2) is 7.13. The summed E-state index contributed by atoms with van der Waals surface area (Å²) in [4.78, 5) is 14.3. The van der Waals surface area contributed by atoms with E-state index in [2.05, 4.69) is 71.8 Å². The summed E-state index contributed by atoms with van der Waals surface area (Å²) < 4.78 is 0. The monoisotopic (exact) mass is 378 g/mol. The van der Waals surface area contributed by atoms with Crippen molar-refractivity contribution in [2.75, 3.05) is 6.54 Å². The van der Waals surface area contributed by atoms with Crippen molar-refractivity contribution in [3.63, 3.8) is 0 Å². The lowest BCUT2D eigenvalue weighted by Gasteiger charge is -2.29. The van der Waals surface area contributed by atoms with Crippen LogP contribution >= 0.6 is 0 Å². The molecule has 4 heteroatoms. The lowest BCUT2D eigenvalue weighted by Crippen LogP contribution is -2.42. The van der Waals surface area contributed by atoms with Gasteiger partial charge in [0.2, 0.25) is 0 Å². The number of nitrogens with one attached hydrogen (secondary N) is 1. The van der Waals surface area contributed by atoms with Crippen LogP contribution in [0.5, 0.6) is 0 Å². The van der Waals surface area contributed by atoms with Gasteiger partial charge in [0.15, 0.2) is 5.65 Å². The highest BCUT2D eigenvalue weighted by atomic mass is 15.1. The van der Waals surface area contributed by atoms with Crippen LogP contribution in [-0.2, 0) is 5.54 Å². The summed E-state index contributed by atoms with van der Waals surface area (Å²) in [5.74, 6) is 0.910.